The number of nitriles is 1. The van der Waals surface area contributed by atoms with Crippen molar-refractivity contribution in [3.05, 3.63) is 71.3 Å². The molecule has 7 heteroatoms. The van der Waals surface area contributed by atoms with E-state index >= 15 is 0 Å². The predicted octanol–water partition coefficient (Wildman–Crippen LogP) is 2.65. The van der Waals surface area contributed by atoms with Crippen molar-refractivity contribution >= 4 is 29.1 Å². The number of nitrogens with zero attached hydrogens (tertiary/aromatic N) is 2. The molecular formula is C20H16N4O3. The Labute approximate surface area is 156 Å². The molecule has 3 rings (SSSR count). The van der Waals surface area contributed by atoms with Gasteiger partial charge in [0.25, 0.3) is 5.91 Å². The summed E-state index contributed by atoms with van der Waals surface area (Å²) in [7, 11) is 0. The standard InChI is InChI=1S/C20H16N4O3/c1-2-27-20(26)13-7-9-14(10-8-13)24(12-21)18(25)11-17-15-5-3-4-6-16(15)19(22)23-17/h3-11H,2H2,1H3,(H2,22,23)/b17-11-. The zero-order valence-corrected chi connectivity index (χ0v) is 14.5. The van der Waals surface area contributed by atoms with Gasteiger partial charge in [-0.2, -0.15) is 5.26 Å². The molecule has 1 heterocycles. The average molecular weight is 360 g/mol. The predicted molar refractivity (Wildman–Crippen MR) is 99.9 cm³/mol. The molecule has 0 fully saturated rings. The third-order valence-corrected chi connectivity index (χ3v) is 3.97. The highest BCUT2D eigenvalue weighted by Crippen LogP contribution is 2.24. The number of benzene rings is 2. The lowest BCUT2D eigenvalue weighted by atomic mass is 10.1. The minimum Gasteiger partial charge on any atom is -0.462 e. The van der Waals surface area contributed by atoms with Crippen molar-refractivity contribution in [1.82, 2.24) is 5.32 Å². The molecule has 0 bridgehead atoms. The number of carbonyl (C=O) groups is 2. The van der Waals surface area contributed by atoms with Crippen LogP contribution in [0.5, 0.6) is 0 Å². The van der Waals surface area contributed by atoms with E-state index in [2.05, 4.69) is 5.32 Å². The van der Waals surface area contributed by atoms with Crippen LogP contribution < -0.4 is 10.2 Å². The van der Waals surface area contributed by atoms with E-state index in [1.54, 1.807) is 19.1 Å². The fourth-order valence-corrected chi connectivity index (χ4v) is 2.70. The molecule has 134 valence electrons. The molecule has 0 spiro atoms. The van der Waals surface area contributed by atoms with Crippen molar-refractivity contribution in [1.29, 1.82) is 10.7 Å². The van der Waals surface area contributed by atoms with Crippen molar-refractivity contribution in [2.45, 2.75) is 6.92 Å². The number of ether oxygens (including phenoxy) is 1. The number of anilines is 1. The van der Waals surface area contributed by atoms with E-state index in [0.717, 1.165) is 10.5 Å². The summed E-state index contributed by atoms with van der Waals surface area (Å²) in [4.78, 5) is 25.2. The van der Waals surface area contributed by atoms with Gasteiger partial charge in [-0.3, -0.25) is 10.2 Å². The molecule has 0 saturated carbocycles. The molecule has 1 aliphatic rings. The van der Waals surface area contributed by atoms with Crippen LogP contribution in [0, 0.1) is 16.9 Å². The van der Waals surface area contributed by atoms with E-state index in [-0.39, 0.29) is 12.4 Å². The van der Waals surface area contributed by atoms with Gasteiger partial charge in [0.1, 0.15) is 5.84 Å². The van der Waals surface area contributed by atoms with Gasteiger partial charge < -0.3 is 10.1 Å². The Morgan fingerprint density at radius 2 is 1.85 bits per heavy atom. The Bertz CT molecular complexity index is 987. The van der Waals surface area contributed by atoms with E-state index in [0.29, 0.717) is 22.5 Å². The lowest BCUT2D eigenvalue weighted by molar-refractivity contribution is -0.113. The van der Waals surface area contributed by atoms with Gasteiger partial charge in [-0.05, 0) is 31.2 Å². The molecule has 0 aliphatic carbocycles. The second-order valence-corrected chi connectivity index (χ2v) is 5.64. The SMILES string of the molecule is CCOC(=O)c1ccc(N(C#N)C(=O)/C=C2\NC(=N)c3ccccc32)cc1. The van der Waals surface area contributed by atoms with Crippen LogP contribution in [0.25, 0.3) is 5.70 Å². The summed E-state index contributed by atoms with van der Waals surface area (Å²) in [5.74, 6) is -0.827. The largest absolute Gasteiger partial charge is 0.462 e. The summed E-state index contributed by atoms with van der Waals surface area (Å²) in [6, 6.07) is 13.2. The number of nitrogens with one attached hydrogen (secondary N) is 2. The molecule has 0 atom stereocenters. The Balaban J connectivity index is 1.85. The minimum atomic E-state index is -0.562. The van der Waals surface area contributed by atoms with Crippen LogP contribution in [0.1, 0.15) is 28.4 Å². The molecule has 7 nitrogen and oxygen atoms in total. The van der Waals surface area contributed by atoms with Gasteiger partial charge in [0.05, 0.1) is 23.6 Å². The summed E-state index contributed by atoms with van der Waals surface area (Å²) in [6.45, 7) is 1.98. The Morgan fingerprint density at radius 1 is 1.19 bits per heavy atom. The van der Waals surface area contributed by atoms with E-state index < -0.39 is 11.9 Å². The summed E-state index contributed by atoms with van der Waals surface area (Å²) in [5.41, 5.74) is 2.55. The Hall–Kier alpha value is -3.92. The van der Waals surface area contributed by atoms with Gasteiger partial charge in [-0.25, -0.2) is 9.69 Å². The number of hydrogen-bond donors (Lipinski definition) is 2. The van der Waals surface area contributed by atoms with Gasteiger partial charge in [-0.1, -0.05) is 24.3 Å². The Kier molecular flexibility index (Phi) is 4.99. The van der Waals surface area contributed by atoms with E-state index in [1.165, 1.54) is 30.3 Å². The molecule has 2 aromatic carbocycles. The van der Waals surface area contributed by atoms with Gasteiger partial charge in [-0.15, -0.1) is 0 Å². The summed E-state index contributed by atoms with van der Waals surface area (Å²) in [5, 5.41) is 20.2. The zero-order valence-electron chi connectivity index (χ0n) is 14.5. The maximum absolute atomic E-state index is 12.6. The highest BCUT2D eigenvalue weighted by molar-refractivity contribution is 6.15. The van der Waals surface area contributed by atoms with Crippen LogP contribution in [-0.4, -0.2) is 24.3 Å². The summed E-state index contributed by atoms with van der Waals surface area (Å²) >= 11 is 0. The molecule has 1 aliphatic heterocycles. The van der Waals surface area contributed by atoms with Crippen molar-refractivity contribution in [3.63, 3.8) is 0 Å². The van der Waals surface area contributed by atoms with Crippen LogP contribution in [-0.2, 0) is 9.53 Å². The van der Waals surface area contributed by atoms with Crippen LogP contribution in [0.4, 0.5) is 5.69 Å². The van der Waals surface area contributed by atoms with Crippen LogP contribution in [0.3, 0.4) is 0 Å². The van der Waals surface area contributed by atoms with Crippen molar-refractivity contribution in [2.24, 2.45) is 0 Å². The highest BCUT2D eigenvalue weighted by Gasteiger charge is 2.23. The van der Waals surface area contributed by atoms with Gasteiger partial charge in [0.15, 0.2) is 6.19 Å². The quantitative estimate of drug-likeness (QED) is 0.377. The smallest absolute Gasteiger partial charge is 0.338 e. The lowest BCUT2D eigenvalue weighted by Crippen LogP contribution is -2.25. The second kappa shape index (κ2) is 7.54. The maximum atomic E-state index is 12.6. The number of amides is 1. The molecule has 2 N–H and O–H groups in total. The number of esters is 1. The number of amidine groups is 1. The van der Waals surface area contributed by atoms with Gasteiger partial charge in [0, 0.05) is 17.2 Å². The van der Waals surface area contributed by atoms with Crippen LogP contribution in [0.15, 0.2) is 54.6 Å². The third-order valence-electron chi connectivity index (χ3n) is 3.97. The second-order valence-electron chi connectivity index (χ2n) is 5.64. The van der Waals surface area contributed by atoms with Gasteiger partial charge >= 0.3 is 5.97 Å². The molecule has 0 unspecified atom stereocenters. The van der Waals surface area contributed by atoms with Crippen LogP contribution in [0.2, 0.25) is 0 Å². The topological polar surface area (TPSA) is 106 Å². The monoisotopic (exact) mass is 360 g/mol. The molecular weight excluding hydrogens is 344 g/mol. The number of carbonyl (C=O) groups excluding carboxylic acids is 2. The summed E-state index contributed by atoms with van der Waals surface area (Å²) in [6.07, 6.45) is 3.12. The molecule has 2 aromatic rings. The number of rotatable bonds is 4. The van der Waals surface area contributed by atoms with Gasteiger partial charge in [0.2, 0.25) is 0 Å². The Morgan fingerprint density at radius 3 is 2.48 bits per heavy atom. The molecule has 0 saturated heterocycles. The number of hydrogen-bond acceptors (Lipinski definition) is 5. The highest BCUT2D eigenvalue weighted by atomic mass is 16.5. The zero-order chi connectivity index (χ0) is 19.4. The first kappa shape index (κ1) is 17.9. The fraction of sp³-hybridized carbons (Fsp3) is 0.100. The third kappa shape index (κ3) is 3.55. The first-order valence-electron chi connectivity index (χ1n) is 8.23. The normalized spacial score (nSPS) is 13.5. The minimum absolute atomic E-state index is 0.201. The lowest BCUT2D eigenvalue weighted by Gasteiger charge is -2.13. The van der Waals surface area contributed by atoms with Crippen molar-refractivity contribution in [2.75, 3.05) is 11.5 Å². The van der Waals surface area contributed by atoms with E-state index in [1.807, 2.05) is 18.3 Å². The van der Waals surface area contributed by atoms with Crippen molar-refractivity contribution < 1.29 is 14.3 Å². The maximum Gasteiger partial charge on any atom is 0.338 e. The molecule has 27 heavy (non-hydrogen) atoms. The van der Waals surface area contributed by atoms with E-state index in [4.69, 9.17) is 10.1 Å². The molecule has 0 aromatic heterocycles. The molecule has 1 amide bonds. The number of fused-ring (bicyclic) bond motifs is 1. The molecule has 0 radical (unpaired) electrons. The van der Waals surface area contributed by atoms with E-state index in [9.17, 15) is 14.9 Å². The van der Waals surface area contributed by atoms with Crippen LogP contribution >= 0.6 is 0 Å². The fourth-order valence-electron chi connectivity index (χ4n) is 2.70. The summed E-state index contributed by atoms with van der Waals surface area (Å²) < 4.78 is 4.91. The first-order valence-corrected chi connectivity index (χ1v) is 8.23. The first-order chi connectivity index (χ1) is 13.0. The van der Waals surface area contributed by atoms with Crippen molar-refractivity contribution in [3.8, 4) is 6.19 Å². The average Bonchev–Trinajstić information content (AvgIpc) is 2.99.